The highest BCUT2D eigenvalue weighted by Gasteiger charge is 2.19. The highest BCUT2D eigenvalue weighted by Crippen LogP contribution is 2.16. The molecule has 0 aromatic rings. The summed E-state index contributed by atoms with van der Waals surface area (Å²) >= 11 is 0. The lowest BCUT2D eigenvalue weighted by Gasteiger charge is -2.18. The second-order valence-electron chi connectivity index (χ2n) is 22.7. The Hall–Kier alpha value is -4.19. The van der Waals surface area contributed by atoms with Crippen LogP contribution in [-0.4, -0.2) is 37.2 Å². The third-order valence-corrected chi connectivity index (χ3v) is 14.7. The van der Waals surface area contributed by atoms with Crippen LogP contribution in [0.2, 0.25) is 0 Å². The molecular weight excluding hydrogens is 1010 g/mol. The molecule has 0 fully saturated rings. The smallest absolute Gasteiger partial charge is 0.306 e. The van der Waals surface area contributed by atoms with Crippen molar-refractivity contribution in [1.29, 1.82) is 0 Å². The summed E-state index contributed by atoms with van der Waals surface area (Å²) in [5.74, 6) is -0.899. The molecule has 0 radical (unpaired) electrons. The van der Waals surface area contributed by atoms with E-state index in [-0.39, 0.29) is 31.1 Å². The van der Waals surface area contributed by atoms with E-state index in [0.29, 0.717) is 19.3 Å². The number of hydrogen-bond acceptors (Lipinski definition) is 6. The molecule has 1 atom stereocenters. The van der Waals surface area contributed by atoms with E-state index in [2.05, 4.69) is 142 Å². The van der Waals surface area contributed by atoms with Crippen LogP contribution in [0.1, 0.15) is 323 Å². The second-order valence-corrected chi connectivity index (χ2v) is 22.7. The fraction of sp³-hybridized carbons (Fsp3) is 0.697. The van der Waals surface area contributed by atoms with Gasteiger partial charge in [-0.3, -0.25) is 14.4 Å². The number of carbonyl (C=O) groups is 3. The number of esters is 3. The Labute approximate surface area is 507 Å². The molecule has 82 heavy (non-hydrogen) atoms. The minimum atomic E-state index is -0.788. The molecule has 0 aliphatic heterocycles. The highest BCUT2D eigenvalue weighted by atomic mass is 16.6. The van der Waals surface area contributed by atoms with Gasteiger partial charge >= 0.3 is 17.9 Å². The van der Waals surface area contributed by atoms with E-state index in [1.54, 1.807) is 0 Å². The van der Waals surface area contributed by atoms with Gasteiger partial charge in [0.25, 0.3) is 0 Å². The molecule has 0 heterocycles. The minimum Gasteiger partial charge on any atom is -0.462 e. The van der Waals surface area contributed by atoms with Crippen molar-refractivity contribution in [1.82, 2.24) is 0 Å². The lowest BCUT2D eigenvalue weighted by molar-refractivity contribution is -0.167. The maximum absolute atomic E-state index is 12.9. The molecule has 0 amide bonds. The van der Waals surface area contributed by atoms with E-state index in [1.165, 1.54) is 148 Å². The zero-order chi connectivity index (χ0) is 59.2. The minimum absolute atomic E-state index is 0.0837. The normalized spacial score (nSPS) is 12.9. The van der Waals surface area contributed by atoms with Gasteiger partial charge in [0.1, 0.15) is 13.2 Å². The summed E-state index contributed by atoms with van der Waals surface area (Å²) in [5, 5.41) is 0. The van der Waals surface area contributed by atoms with Gasteiger partial charge in [0.15, 0.2) is 6.10 Å². The highest BCUT2D eigenvalue weighted by molar-refractivity contribution is 5.71. The molecule has 6 nitrogen and oxygen atoms in total. The Morgan fingerprint density at radius 1 is 0.256 bits per heavy atom. The van der Waals surface area contributed by atoms with Crippen molar-refractivity contribution < 1.29 is 28.6 Å². The third kappa shape index (κ3) is 66.6. The first-order chi connectivity index (χ1) is 40.5. The number of ether oxygens (including phenoxy) is 3. The predicted molar refractivity (Wildman–Crippen MR) is 357 cm³/mol. The van der Waals surface area contributed by atoms with Crippen LogP contribution in [0, 0.1) is 0 Å². The van der Waals surface area contributed by atoms with Gasteiger partial charge in [-0.1, -0.05) is 309 Å². The maximum Gasteiger partial charge on any atom is 0.306 e. The van der Waals surface area contributed by atoms with E-state index >= 15 is 0 Å². The SMILES string of the molecule is CC/C=C\C/C=C\C/C=C\C/C=C\C/C=C\C/C=C\C/C=C\C/C=C\C/C=C\CCCCCCCC(=O)OCC(COC(=O)CCCCCCCCCCCC)OC(=O)CCCCCCCCCCC/C=C\CCCCCCCCCC. The lowest BCUT2D eigenvalue weighted by atomic mass is 10.1. The van der Waals surface area contributed by atoms with Crippen molar-refractivity contribution in [3.05, 3.63) is 122 Å². The molecule has 0 spiro atoms. The molecule has 0 aromatic carbocycles. The predicted octanol–water partition coefficient (Wildman–Crippen LogP) is 23.9. The van der Waals surface area contributed by atoms with E-state index in [9.17, 15) is 14.4 Å². The summed E-state index contributed by atoms with van der Waals surface area (Å²) in [7, 11) is 0. The molecule has 6 heteroatoms. The topological polar surface area (TPSA) is 78.9 Å². The van der Waals surface area contributed by atoms with Gasteiger partial charge in [-0.15, -0.1) is 0 Å². The lowest BCUT2D eigenvalue weighted by Crippen LogP contribution is -2.30. The molecule has 0 bridgehead atoms. The van der Waals surface area contributed by atoms with Gasteiger partial charge in [0.2, 0.25) is 0 Å². The average Bonchev–Trinajstić information content (AvgIpc) is 3.48. The van der Waals surface area contributed by atoms with Crippen LogP contribution in [0.15, 0.2) is 122 Å². The van der Waals surface area contributed by atoms with Crippen molar-refractivity contribution in [2.75, 3.05) is 13.2 Å². The van der Waals surface area contributed by atoms with E-state index in [1.807, 2.05) is 0 Å². The summed E-state index contributed by atoms with van der Waals surface area (Å²) < 4.78 is 16.9. The number of hydrogen-bond donors (Lipinski definition) is 0. The number of carbonyl (C=O) groups excluding carboxylic acids is 3. The molecule has 0 rings (SSSR count). The van der Waals surface area contributed by atoms with Crippen LogP contribution in [-0.2, 0) is 28.6 Å². The summed E-state index contributed by atoms with van der Waals surface area (Å²) in [5.41, 5.74) is 0. The Kier molecular flexibility index (Phi) is 65.8. The fourth-order valence-electron chi connectivity index (χ4n) is 9.55. The molecule has 0 aliphatic carbocycles. The van der Waals surface area contributed by atoms with E-state index in [4.69, 9.17) is 14.2 Å². The van der Waals surface area contributed by atoms with Crippen LogP contribution in [0.4, 0.5) is 0 Å². The molecule has 468 valence electrons. The summed E-state index contributed by atoms with van der Waals surface area (Å²) in [6.07, 6.45) is 96.5. The Morgan fingerprint density at radius 2 is 0.476 bits per heavy atom. The van der Waals surface area contributed by atoms with Crippen LogP contribution < -0.4 is 0 Å². The first kappa shape index (κ1) is 77.8. The van der Waals surface area contributed by atoms with Gasteiger partial charge in [-0.05, 0) is 116 Å². The van der Waals surface area contributed by atoms with Crippen LogP contribution >= 0.6 is 0 Å². The monoisotopic (exact) mass is 1140 g/mol. The standard InChI is InChI=1S/C76H128O6/c1-4-7-10-13-16-19-22-24-26-28-30-32-33-34-35-36-37-38-39-40-41-42-43-45-46-48-50-52-54-57-60-63-66-69-75(78)81-72-73(71-80-74(77)68-65-62-59-56-21-18-15-12-9-6-3)82-76(79)70-67-64-61-58-55-53-51-49-47-44-31-29-27-25-23-20-17-14-11-8-5-2/h7,10,16,19,24,26,29-32,34-35,37-38,40-41,43,45,48,50,73H,4-6,8-9,11-15,17-18,20-23,25,27-28,33,36,39,42,44,46-47,49,51-72H2,1-3H3/b10-7-,19-16-,26-24-,31-29-,32-30-,35-34-,38-37-,41-40-,45-43-,50-48-. The molecule has 0 N–H and O–H groups in total. The number of rotatable bonds is 62. The second kappa shape index (κ2) is 69.3. The summed E-state index contributed by atoms with van der Waals surface area (Å²) in [6, 6.07) is 0. The first-order valence-electron chi connectivity index (χ1n) is 34.5. The van der Waals surface area contributed by atoms with Gasteiger partial charge < -0.3 is 14.2 Å². The van der Waals surface area contributed by atoms with Crippen molar-refractivity contribution in [3.8, 4) is 0 Å². The average molecular weight is 1140 g/mol. The molecule has 1 unspecified atom stereocenters. The Balaban J connectivity index is 4.27. The molecule has 0 aromatic heterocycles. The largest absolute Gasteiger partial charge is 0.462 e. The van der Waals surface area contributed by atoms with Gasteiger partial charge in [-0.25, -0.2) is 0 Å². The molecule has 0 saturated carbocycles. The van der Waals surface area contributed by atoms with Crippen molar-refractivity contribution in [3.63, 3.8) is 0 Å². The third-order valence-electron chi connectivity index (χ3n) is 14.7. The van der Waals surface area contributed by atoms with Gasteiger partial charge in [0.05, 0.1) is 0 Å². The van der Waals surface area contributed by atoms with Crippen molar-refractivity contribution >= 4 is 17.9 Å². The van der Waals surface area contributed by atoms with Crippen LogP contribution in [0.3, 0.4) is 0 Å². The van der Waals surface area contributed by atoms with E-state index < -0.39 is 6.10 Å². The quantitative estimate of drug-likeness (QED) is 0.0261. The number of unbranched alkanes of at least 4 members (excludes halogenated alkanes) is 31. The maximum atomic E-state index is 12.9. The Morgan fingerprint density at radius 3 is 0.756 bits per heavy atom. The Bertz CT molecular complexity index is 1690. The van der Waals surface area contributed by atoms with Gasteiger partial charge in [0, 0.05) is 19.3 Å². The van der Waals surface area contributed by atoms with Crippen molar-refractivity contribution in [2.24, 2.45) is 0 Å². The first-order valence-corrected chi connectivity index (χ1v) is 34.5. The van der Waals surface area contributed by atoms with Gasteiger partial charge in [-0.2, -0.15) is 0 Å². The molecule has 0 saturated heterocycles. The number of allylic oxidation sites excluding steroid dienone is 20. The van der Waals surface area contributed by atoms with E-state index in [0.717, 1.165) is 135 Å². The zero-order valence-corrected chi connectivity index (χ0v) is 53.7. The fourth-order valence-corrected chi connectivity index (χ4v) is 9.55. The summed E-state index contributed by atoms with van der Waals surface area (Å²) in [4.78, 5) is 38.3. The van der Waals surface area contributed by atoms with Crippen molar-refractivity contribution in [2.45, 2.75) is 329 Å². The van der Waals surface area contributed by atoms with Crippen LogP contribution in [0.5, 0.6) is 0 Å². The summed E-state index contributed by atoms with van der Waals surface area (Å²) in [6.45, 7) is 6.52. The molecular formula is C76H128O6. The zero-order valence-electron chi connectivity index (χ0n) is 53.7. The molecule has 0 aliphatic rings. The van der Waals surface area contributed by atoms with Crippen LogP contribution in [0.25, 0.3) is 0 Å².